The standard InChI is InChI=1S/C21H20ClF2N3O2/c22-13-9-17-16(5-6-19(29)26-15(11-28)7-8-25)20(27-21(17)18(24)10-13)12-1-3-14(23)4-2-12/h1-4,9-11,15,27H,5-8,25H2,(H,26,29). The summed E-state index contributed by atoms with van der Waals surface area (Å²) in [6.07, 6.45) is 1.34. The van der Waals surface area contributed by atoms with Gasteiger partial charge >= 0.3 is 0 Å². The highest BCUT2D eigenvalue weighted by atomic mass is 35.5. The summed E-state index contributed by atoms with van der Waals surface area (Å²) in [5, 5.41) is 3.40. The third-order valence-corrected chi connectivity index (χ3v) is 4.87. The predicted octanol–water partition coefficient (Wildman–Crippen LogP) is 3.73. The van der Waals surface area contributed by atoms with E-state index in [1.54, 1.807) is 18.2 Å². The van der Waals surface area contributed by atoms with Gasteiger partial charge in [0.1, 0.15) is 17.9 Å². The molecule has 1 atom stereocenters. The lowest BCUT2D eigenvalue weighted by atomic mass is 10.0. The normalized spacial score (nSPS) is 12.1. The van der Waals surface area contributed by atoms with Gasteiger partial charge in [-0.1, -0.05) is 11.6 Å². The Morgan fingerprint density at radius 1 is 1.24 bits per heavy atom. The molecular weight excluding hydrogens is 400 g/mol. The summed E-state index contributed by atoms with van der Waals surface area (Å²) in [5.41, 5.74) is 7.62. The van der Waals surface area contributed by atoms with Crippen LogP contribution in [0.5, 0.6) is 0 Å². The number of H-pyrrole nitrogens is 1. The second kappa shape index (κ2) is 9.15. The molecule has 5 nitrogen and oxygen atoms in total. The van der Waals surface area contributed by atoms with Gasteiger partial charge in [-0.25, -0.2) is 8.78 Å². The summed E-state index contributed by atoms with van der Waals surface area (Å²) in [5.74, 6) is -1.23. The number of aldehydes is 1. The number of hydrogen-bond donors (Lipinski definition) is 3. The first kappa shape index (κ1) is 21.0. The highest BCUT2D eigenvalue weighted by Crippen LogP contribution is 2.34. The van der Waals surface area contributed by atoms with Crippen LogP contribution in [0.1, 0.15) is 18.4 Å². The Bertz CT molecular complexity index is 1030. The number of fused-ring (bicyclic) bond motifs is 1. The number of carbonyl (C=O) groups excluding carboxylic acids is 2. The van der Waals surface area contributed by atoms with Gasteiger partial charge in [0.05, 0.1) is 11.6 Å². The van der Waals surface area contributed by atoms with Crippen molar-refractivity contribution in [2.24, 2.45) is 5.73 Å². The molecule has 0 fully saturated rings. The molecule has 1 aromatic heterocycles. The minimum Gasteiger partial charge on any atom is -0.352 e. The lowest BCUT2D eigenvalue weighted by Crippen LogP contribution is -2.37. The monoisotopic (exact) mass is 419 g/mol. The highest BCUT2D eigenvalue weighted by molar-refractivity contribution is 6.31. The number of aromatic amines is 1. The molecule has 0 aliphatic rings. The Hall–Kier alpha value is -2.77. The van der Waals surface area contributed by atoms with Gasteiger partial charge in [0.25, 0.3) is 0 Å². The molecule has 152 valence electrons. The second-order valence-electron chi connectivity index (χ2n) is 6.68. The molecule has 1 heterocycles. The molecule has 1 unspecified atom stereocenters. The first-order valence-electron chi connectivity index (χ1n) is 9.13. The molecule has 0 saturated heterocycles. The van der Waals surface area contributed by atoms with Gasteiger partial charge in [-0.3, -0.25) is 4.79 Å². The number of aryl methyl sites for hydroxylation is 1. The van der Waals surface area contributed by atoms with E-state index in [2.05, 4.69) is 10.3 Å². The Morgan fingerprint density at radius 2 is 1.97 bits per heavy atom. The number of benzene rings is 2. The fraction of sp³-hybridized carbons (Fsp3) is 0.238. The molecule has 3 rings (SSSR count). The molecular formula is C21H20ClF2N3O2. The van der Waals surface area contributed by atoms with Crippen molar-refractivity contribution < 1.29 is 18.4 Å². The van der Waals surface area contributed by atoms with Gasteiger partial charge < -0.3 is 20.8 Å². The van der Waals surface area contributed by atoms with Gasteiger partial charge in [-0.15, -0.1) is 0 Å². The number of amides is 1. The van der Waals surface area contributed by atoms with Crippen LogP contribution in [0.4, 0.5) is 8.78 Å². The topological polar surface area (TPSA) is 88.0 Å². The van der Waals surface area contributed by atoms with E-state index in [1.807, 2.05) is 0 Å². The molecule has 0 bridgehead atoms. The molecule has 1 amide bonds. The average molecular weight is 420 g/mol. The van der Waals surface area contributed by atoms with Crippen LogP contribution in [0.2, 0.25) is 5.02 Å². The summed E-state index contributed by atoms with van der Waals surface area (Å²) in [6.45, 7) is 0.276. The maximum Gasteiger partial charge on any atom is 0.220 e. The maximum atomic E-state index is 14.4. The SMILES string of the molecule is NCCC(C=O)NC(=O)CCc1c(-c2ccc(F)cc2)[nH]c2c(F)cc(Cl)cc12. The summed E-state index contributed by atoms with van der Waals surface area (Å²) < 4.78 is 27.7. The number of hydrogen-bond acceptors (Lipinski definition) is 3. The molecule has 4 N–H and O–H groups in total. The van der Waals surface area contributed by atoms with Crippen molar-refractivity contribution in [2.45, 2.75) is 25.3 Å². The van der Waals surface area contributed by atoms with Crippen LogP contribution in [0.3, 0.4) is 0 Å². The third-order valence-electron chi connectivity index (χ3n) is 4.66. The van der Waals surface area contributed by atoms with Crippen molar-refractivity contribution in [1.82, 2.24) is 10.3 Å². The van der Waals surface area contributed by atoms with Crippen LogP contribution in [0.25, 0.3) is 22.2 Å². The van der Waals surface area contributed by atoms with Crippen molar-refractivity contribution in [3.8, 4) is 11.3 Å². The van der Waals surface area contributed by atoms with E-state index in [4.69, 9.17) is 17.3 Å². The van der Waals surface area contributed by atoms with Crippen LogP contribution in [0.15, 0.2) is 36.4 Å². The molecule has 0 aliphatic heterocycles. The first-order chi connectivity index (χ1) is 13.9. The lowest BCUT2D eigenvalue weighted by molar-refractivity contribution is -0.124. The summed E-state index contributed by atoms with van der Waals surface area (Å²) in [4.78, 5) is 26.3. The smallest absolute Gasteiger partial charge is 0.220 e. The fourth-order valence-corrected chi connectivity index (χ4v) is 3.47. The number of nitrogens with two attached hydrogens (primary N) is 1. The zero-order valence-corrected chi connectivity index (χ0v) is 16.2. The van der Waals surface area contributed by atoms with Gasteiger partial charge in [-0.2, -0.15) is 0 Å². The number of aromatic nitrogens is 1. The Kier molecular flexibility index (Phi) is 6.61. The predicted molar refractivity (Wildman–Crippen MR) is 109 cm³/mol. The van der Waals surface area contributed by atoms with Crippen LogP contribution in [-0.4, -0.2) is 29.8 Å². The zero-order chi connectivity index (χ0) is 21.0. The van der Waals surface area contributed by atoms with Gasteiger partial charge in [0, 0.05) is 22.5 Å². The first-order valence-corrected chi connectivity index (χ1v) is 9.51. The second-order valence-corrected chi connectivity index (χ2v) is 7.12. The van der Waals surface area contributed by atoms with Crippen molar-refractivity contribution >= 4 is 34.7 Å². The molecule has 0 aliphatic carbocycles. The minimum absolute atomic E-state index is 0.0736. The van der Waals surface area contributed by atoms with E-state index < -0.39 is 11.9 Å². The number of carbonyl (C=O) groups is 2. The molecule has 3 aromatic rings. The quantitative estimate of drug-likeness (QED) is 0.486. The number of rotatable bonds is 8. The summed E-state index contributed by atoms with van der Waals surface area (Å²) in [7, 11) is 0. The van der Waals surface area contributed by atoms with Crippen LogP contribution < -0.4 is 11.1 Å². The molecule has 29 heavy (non-hydrogen) atoms. The van der Waals surface area contributed by atoms with E-state index in [0.29, 0.717) is 34.9 Å². The Labute approximate surface area is 171 Å². The average Bonchev–Trinajstić information content (AvgIpc) is 3.05. The van der Waals surface area contributed by atoms with Crippen LogP contribution in [0, 0.1) is 11.6 Å². The summed E-state index contributed by atoms with van der Waals surface area (Å²) in [6, 6.07) is 7.95. The number of halogens is 3. The van der Waals surface area contributed by atoms with Crippen molar-refractivity contribution in [2.75, 3.05) is 6.54 Å². The van der Waals surface area contributed by atoms with E-state index in [1.165, 1.54) is 18.2 Å². The van der Waals surface area contributed by atoms with E-state index in [-0.39, 0.29) is 41.7 Å². The molecule has 8 heteroatoms. The van der Waals surface area contributed by atoms with E-state index in [9.17, 15) is 18.4 Å². The van der Waals surface area contributed by atoms with E-state index >= 15 is 0 Å². The van der Waals surface area contributed by atoms with Gasteiger partial charge in [0.15, 0.2) is 0 Å². The van der Waals surface area contributed by atoms with Gasteiger partial charge in [-0.05, 0) is 66.9 Å². The molecule has 0 radical (unpaired) electrons. The van der Waals surface area contributed by atoms with Crippen molar-refractivity contribution in [1.29, 1.82) is 0 Å². The minimum atomic E-state index is -0.640. The maximum absolute atomic E-state index is 14.4. The van der Waals surface area contributed by atoms with Crippen molar-refractivity contribution in [3.63, 3.8) is 0 Å². The summed E-state index contributed by atoms with van der Waals surface area (Å²) >= 11 is 6.02. The van der Waals surface area contributed by atoms with Crippen molar-refractivity contribution in [3.05, 3.63) is 58.6 Å². The molecule has 2 aromatic carbocycles. The molecule has 0 saturated carbocycles. The fourth-order valence-electron chi connectivity index (χ4n) is 3.27. The Morgan fingerprint density at radius 3 is 2.62 bits per heavy atom. The number of nitrogens with one attached hydrogen (secondary N) is 2. The third kappa shape index (κ3) is 4.81. The lowest BCUT2D eigenvalue weighted by Gasteiger charge is -2.12. The van der Waals surface area contributed by atoms with Crippen LogP contribution >= 0.6 is 11.6 Å². The Balaban J connectivity index is 1.94. The highest BCUT2D eigenvalue weighted by Gasteiger charge is 2.18. The van der Waals surface area contributed by atoms with E-state index in [0.717, 1.165) is 0 Å². The zero-order valence-electron chi connectivity index (χ0n) is 15.5. The van der Waals surface area contributed by atoms with Gasteiger partial charge in [0.2, 0.25) is 5.91 Å². The largest absolute Gasteiger partial charge is 0.352 e. The van der Waals surface area contributed by atoms with Crippen LogP contribution in [-0.2, 0) is 16.0 Å². The molecule has 0 spiro atoms.